The van der Waals surface area contributed by atoms with Crippen LogP contribution in [0.15, 0.2) is 0 Å². The molecule has 0 aromatic rings. The summed E-state index contributed by atoms with van der Waals surface area (Å²) in [6, 6.07) is 0. The minimum absolute atomic E-state index is 0.226. The zero-order valence-electron chi connectivity index (χ0n) is 9.78. The van der Waals surface area contributed by atoms with E-state index in [1.54, 1.807) is 13.8 Å². The molecular weight excluding hydrogens is 212 g/mol. The Morgan fingerprint density at radius 1 is 1.12 bits per heavy atom. The van der Waals surface area contributed by atoms with Gasteiger partial charge in [0.05, 0.1) is 13.2 Å². The first-order valence-corrected chi connectivity index (χ1v) is 5.65. The zero-order chi connectivity index (χ0) is 12.0. The Morgan fingerprint density at radius 3 is 2.06 bits per heavy atom. The Bertz CT molecular complexity index is 235. The lowest BCUT2D eigenvalue weighted by molar-refractivity contribution is -0.196. The fourth-order valence-corrected chi connectivity index (χ4v) is 1.70. The molecule has 1 fully saturated rings. The van der Waals surface area contributed by atoms with E-state index < -0.39 is 17.5 Å². The summed E-state index contributed by atoms with van der Waals surface area (Å²) in [5, 5.41) is 0. The summed E-state index contributed by atoms with van der Waals surface area (Å²) in [6.45, 7) is 4.23. The molecule has 0 N–H and O–H groups in total. The first kappa shape index (κ1) is 13.0. The monoisotopic (exact) mass is 230 g/mol. The number of hydrogen-bond acceptors (Lipinski definition) is 5. The van der Waals surface area contributed by atoms with Crippen LogP contribution in [0.5, 0.6) is 0 Å². The van der Waals surface area contributed by atoms with Gasteiger partial charge in [0.2, 0.25) is 0 Å². The summed E-state index contributed by atoms with van der Waals surface area (Å²) < 4.78 is 15.1. The van der Waals surface area contributed by atoms with Gasteiger partial charge in [0, 0.05) is 6.61 Å². The van der Waals surface area contributed by atoms with Gasteiger partial charge in [-0.25, -0.2) is 9.59 Å². The van der Waals surface area contributed by atoms with Crippen molar-refractivity contribution in [2.75, 3.05) is 19.8 Å². The maximum atomic E-state index is 11.8. The number of hydrogen-bond donors (Lipinski definition) is 0. The van der Waals surface area contributed by atoms with E-state index in [1.807, 2.05) is 0 Å². The SMILES string of the molecule is CCOC(=O)C1(C(=O)OCC)CCCCO1. The third-order valence-corrected chi connectivity index (χ3v) is 2.48. The molecule has 1 aliphatic rings. The Kier molecular flexibility index (Phi) is 4.73. The van der Waals surface area contributed by atoms with Gasteiger partial charge in [-0.05, 0) is 33.1 Å². The summed E-state index contributed by atoms with van der Waals surface area (Å²) >= 11 is 0. The second-order valence-corrected chi connectivity index (χ2v) is 3.57. The van der Waals surface area contributed by atoms with E-state index in [0.29, 0.717) is 13.0 Å². The molecule has 5 heteroatoms. The molecule has 5 nitrogen and oxygen atoms in total. The minimum Gasteiger partial charge on any atom is -0.463 e. The summed E-state index contributed by atoms with van der Waals surface area (Å²) in [7, 11) is 0. The number of esters is 2. The van der Waals surface area contributed by atoms with Gasteiger partial charge in [0.1, 0.15) is 0 Å². The van der Waals surface area contributed by atoms with Crippen LogP contribution in [0, 0.1) is 0 Å². The summed E-state index contributed by atoms with van der Waals surface area (Å²) in [5.74, 6) is -1.26. The van der Waals surface area contributed by atoms with Crippen LogP contribution in [0.1, 0.15) is 33.1 Å². The standard InChI is InChI=1S/C11H18O5/c1-3-14-9(12)11(10(13)15-4-2)7-5-6-8-16-11/h3-8H2,1-2H3. The Labute approximate surface area is 95.0 Å². The molecule has 1 aliphatic heterocycles. The molecule has 0 aromatic heterocycles. The molecule has 92 valence electrons. The van der Waals surface area contributed by atoms with Crippen molar-refractivity contribution in [1.82, 2.24) is 0 Å². The number of ether oxygens (including phenoxy) is 3. The second-order valence-electron chi connectivity index (χ2n) is 3.57. The molecule has 1 heterocycles. The number of carbonyl (C=O) groups excluding carboxylic acids is 2. The van der Waals surface area contributed by atoms with Crippen molar-refractivity contribution in [2.45, 2.75) is 38.7 Å². The largest absolute Gasteiger partial charge is 0.463 e. The van der Waals surface area contributed by atoms with Crippen LogP contribution in [-0.4, -0.2) is 37.4 Å². The zero-order valence-corrected chi connectivity index (χ0v) is 9.78. The molecule has 16 heavy (non-hydrogen) atoms. The first-order chi connectivity index (χ1) is 7.67. The van der Waals surface area contributed by atoms with E-state index in [1.165, 1.54) is 0 Å². The molecule has 0 amide bonds. The average Bonchev–Trinajstić information content (AvgIpc) is 2.30. The van der Waals surface area contributed by atoms with Gasteiger partial charge in [-0.15, -0.1) is 0 Å². The van der Waals surface area contributed by atoms with Crippen molar-refractivity contribution in [3.8, 4) is 0 Å². The number of rotatable bonds is 4. The van der Waals surface area contributed by atoms with Crippen LogP contribution in [0.4, 0.5) is 0 Å². The Balaban J connectivity index is 2.82. The summed E-state index contributed by atoms with van der Waals surface area (Å²) in [6.07, 6.45) is 1.95. The smallest absolute Gasteiger partial charge is 0.350 e. The fraction of sp³-hybridized carbons (Fsp3) is 0.818. The van der Waals surface area contributed by atoms with Gasteiger partial charge in [-0.2, -0.15) is 0 Å². The lowest BCUT2D eigenvalue weighted by atomic mass is 9.94. The molecule has 0 bridgehead atoms. The van der Waals surface area contributed by atoms with Crippen molar-refractivity contribution < 1.29 is 23.8 Å². The molecule has 0 radical (unpaired) electrons. The topological polar surface area (TPSA) is 61.8 Å². The fourth-order valence-electron chi connectivity index (χ4n) is 1.70. The third-order valence-electron chi connectivity index (χ3n) is 2.48. The van der Waals surface area contributed by atoms with Crippen LogP contribution in [0.25, 0.3) is 0 Å². The minimum atomic E-state index is -1.52. The van der Waals surface area contributed by atoms with E-state index in [4.69, 9.17) is 14.2 Å². The van der Waals surface area contributed by atoms with Crippen molar-refractivity contribution in [3.63, 3.8) is 0 Å². The molecule has 0 unspecified atom stereocenters. The maximum Gasteiger partial charge on any atom is 0.350 e. The van der Waals surface area contributed by atoms with Gasteiger partial charge >= 0.3 is 11.9 Å². The predicted molar refractivity (Wildman–Crippen MR) is 55.8 cm³/mol. The molecule has 0 aromatic carbocycles. The van der Waals surface area contributed by atoms with Gasteiger partial charge in [-0.1, -0.05) is 0 Å². The van der Waals surface area contributed by atoms with Gasteiger partial charge in [0.15, 0.2) is 0 Å². The van der Waals surface area contributed by atoms with Crippen LogP contribution in [0.3, 0.4) is 0 Å². The third kappa shape index (κ3) is 2.52. The van der Waals surface area contributed by atoms with E-state index in [0.717, 1.165) is 12.8 Å². The van der Waals surface area contributed by atoms with Gasteiger partial charge < -0.3 is 14.2 Å². The van der Waals surface area contributed by atoms with E-state index >= 15 is 0 Å². The van der Waals surface area contributed by atoms with Gasteiger partial charge in [-0.3, -0.25) is 0 Å². The van der Waals surface area contributed by atoms with Crippen LogP contribution in [0.2, 0.25) is 0 Å². The molecule has 0 spiro atoms. The molecule has 0 saturated carbocycles. The summed E-state index contributed by atoms with van der Waals surface area (Å²) in [5.41, 5.74) is -1.52. The van der Waals surface area contributed by atoms with E-state index in [2.05, 4.69) is 0 Å². The highest BCUT2D eigenvalue weighted by molar-refractivity contribution is 6.03. The van der Waals surface area contributed by atoms with Gasteiger partial charge in [0.25, 0.3) is 5.60 Å². The lowest BCUT2D eigenvalue weighted by Gasteiger charge is -2.32. The highest BCUT2D eigenvalue weighted by Gasteiger charge is 2.51. The highest BCUT2D eigenvalue weighted by Crippen LogP contribution is 2.28. The number of carbonyl (C=O) groups is 2. The van der Waals surface area contributed by atoms with E-state index in [-0.39, 0.29) is 13.2 Å². The normalized spacial score (nSPS) is 18.9. The second kappa shape index (κ2) is 5.84. The molecule has 0 aliphatic carbocycles. The van der Waals surface area contributed by atoms with E-state index in [9.17, 15) is 9.59 Å². The highest BCUT2D eigenvalue weighted by atomic mass is 16.6. The molecule has 1 saturated heterocycles. The average molecular weight is 230 g/mol. The maximum absolute atomic E-state index is 11.8. The van der Waals surface area contributed by atoms with Crippen molar-refractivity contribution >= 4 is 11.9 Å². The lowest BCUT2D eigenvalue weighted by Crippen LogP contribution is -2.53. The van der Waals surface area contributed by atoms with Crippen LogP contribution in [-0.2, 0) is 23.8 Å². The van der Waals surface area contributed by atoms with Crippen molar-refractivity contribution in [1.29, 1.82) is 0 Å². The van der Waals surface area contributed by atoms with Crippen molar-refractivity contribution in [2.24, 2.45) is 0 Å². The first-order valence-electron chi connectivity index (χ1n) is 5.65. The van der Waals surface area contributed by atoms with Crippen LogP contribution < -0.4 is 0 Å². The Hall–Kier alpha value is -1.10. The van der Waals surface area contributed by atoms with Crippen LogP contribution >= 0.6 is 0 Å². The van der Waals surface area contributed by atoms with Crippen molar-refractivity contribution in [3.05, 3.63) is 0 Å². The predicted octanol–water partition coefficient (Wildman–Crippen LogP) is 1.05. The molecule has 1 rings (SSSR count). The molecule has 0 atom stereocenters. The Morgan fingerprint density at radius 2 is 1.69 bits per heavy atom. The summed E-state index contributed by atoms with van der Waals surface area (Å²) in [4.78, 5) is 23.6. The quantitative estimate of drug-likeness (QED) is 0.533. The molecular formula is C11H18O5.